The molecule has 0 saturated carbocycles. The molecule has 134 valence electrons. The normalized spacial score (nSPS) is 21.0. The fraction of sp³-hybridized carbons (Fsp3) is 0.533. The zero-order valence-corrected chi connectivity index (χ0v) is 14.6. The Morgan fingerprint density at radius 1 is 1.42 bits per heavy atom. The number of sulfonamides is 1. The number of halogens is 1. The highest BCUT2D eigenvalue weighted by atomic mass is 32.2. The van der Waals surface area contributed by atoms with Crippen molar-refractivity contribution >= 4 is 15.9 Å². The van der Waals surface area contributed by atoms with Crippen molar-refractivity contribution in [3.8, 4) is 5.75 Å². The number of benzene rings is 1. The van der Waals surface area contributed by atoms with Crippen LogP contribution >= 0.6 is 0 Å². The molecule has 24 heavy (non-hydrogen) atoms. The zero-order chi connectivity index (χ0) is 17.9. The molecule has 1 amide bonds. The summed E-state index contributed by atoms with van der Waals surface area (Å²) in [5, 5.41) is 2.72. The van der Waals surface area contributed by atoms with E-state index >= 15 is 0 Å². The molecule has 1 N–H and O–H groups in total. The molecule has 0 bridgehead atoms. The standard InChI is InChI=1S/C15H21FN2O5S/c1-18(2)24(20,21)9-10-7-23-8-13(10)17-15(19)12-6-11(16)4-5-14(12)22-3/h4-6,10,13H,7-9H2,1-3H3,(H,17,19)/t10-,13+/m0/s1. The maximum absolute atomic E-state index is 13.4. The minimum Gasteiger partial charge on any atom is -0.496 e. The highest BCUT2D eigenvalue weighted by molar-refractivity contribution is 7.89. The first-order valence-corrected chi connectivity index (χ1v) is 8.98. The van der Waals surface area contributed by atoms with Crippen LogP contribution < -0.4 is 10.1 Å². The van der Waals surface area contributed by atoms with Gasteiger partial charge in [0.25, 0.3) is 5.91 Å². The lowest BCUT2D eigenvalue weighted by atomic mass is 10.1. The van der Waals surface area contributed by atoms with Gasteiger partial charge < -0.3 is 14.8 Å². The topological polar surface area (TPSA) is 84.9 Å². The van der Waals surface area contributed by atoms with Crippen molar-refractivity contribution in [2.24, 2.45) is 5.92 Å². The third-order valence-corrected chi connectivity index (χ3v) is 5.86. The zero-order valence-electron chi connectivity index (χ0n) is 13.8. The number of amides is 1. The van der Waals surface area contributed by atoms with Crippen LogP contribution in [0.4, 0.5) is 4.39 Å². The Bertz CT molecular complexity index is 708. The van der Waals surface area contributed by atoms with E-state index in [0.717, 1.165) is 10.4 Å². The third-order valence-electron chi connectivity index (χ3n) is 3.90. The molecule has 1 aliphatic heterocycles. The van der Waals surface area contributed by atoms with Crippen LogP contribution in [-0.2, 0) is 14.8 Å². The van der Waals surface area contributed by atoms with Crippen molar-refractivity contribution in [1.82, 2.24) is 9.62 Å². The van der Waals surface area contributed by atoms with Gasteiger partial charge in [0, 0.05) is 20.0 Å². The van der Waals surface area contributed by atoms with E-state index in [4.69, 9.17) is 9.47 Å². The van der Waals surface area contributed by atoms with Crippen molar-refractivity contribution in [1.29, 1.82) is 0 Å². The second-order valence-electron chi connectivity index (χ2n) is 5.78. The van der Waals surface area contributed by atoms with E-state index in [-0.39, 0.29) is 36.2 Å². The molecule has 1 heterocycles. The molecule has 1 aromatic carbocycles. The van der Waals surface area contributed by atoms with E-state index in [0.29, 0.717) is 0 Å². The molecule has 0 unspecified atom stereocenters. The lowest BCUT2D eigenvalue weighted by Crippen LogP contribution is -2.43. The molecule has 9 heteroatoms. The van der Waals surface area contributed by atoms with E-state index < -0.39 is 27.8 Å². The van der Waals surface area contributed by atoms with E-state index in [2.05, 4.69) is 5.32 Å². The molecule has 7 nitrogen and oxygen atoms in total. The summed E-state index contributed by atoms with van der Waals surface area (Å²) in [6.07, 6.45) is 0. The summed E-state index contributed by atoms with van der Waals surface area (Å²) in [5.74, 6) is -1.36. The monoisotopic (exact) mass is 360 g/mol. The van der Waals surface area contributed by atoms with Crippen molar-refractivity contribution < 1.29 is 27.1 Å². The summed E-state index contributed by atoms with van der Waals surface area (Å²) in [6.45, 7) is 0.440. The second kappa shape index (κ2) is 7.45. The van der Waals surface area contributed by atoms with Gasteiger partial charge in [-0.15, -0.1) is 0 Å². The summed E-state index contributed by atoms with van der Waals surface area (Å²) >= 11 is 0. The summed E-state index contributed by atoms with van der Waals surface area (Å²) < 4.78 is 49.0. The van der Waals surface area contributed by atoms with E-state index in [1.54, 1.807) is 0 Å². The Balaban J connectivity index is 2.12. The lowest BCUT2D eigenvalue weighted by molar-refractivity contribution is 0.0922. The SMILES string of the molecule is COc1ccc(F)cc1C(=O)N[C@@H]1COC[C@H]1CS(=O)(=O)N(C)C. The van der Waals surface area contributed by atoms with Gasteiger partial charge in [-0.05, 0) is 18.2 Å². The number of nitrogens with zero attached hydrogens (tertiary/aromatic N) is 1. The number of rotatable bonds is 6. The second-order valence-corrected chi connectivity index (χ2v) is 8.01. The van der Waals surface area contributed by atoms with Crippen molar-refractivity contribution in [2.75, 3.05) is 40.2 Å². The smallest absolute Gasteiger partial charge is 0.255 e. The fourth-order valence-corrected chi connectivity index (χ4v) is 3.61. The van der Waals surface area contributed by atoms with Gasteiger partial charge in [-0.1, -0.05) is 0 Å². The molecule has 0 spiro atoms. The van der Waals surface area contributed by atoms with Gasteiger partial charge in [0.05, 0.1) is 37.7 Å². The average molecular weight is 360 g/mol. The van der Waals surface area contributed by atoms with Crippen LogP contribution in [0, 0.1) is 11.7 Å². The lowest BCUT2D eigenvalue weighted by Gasteiger charge is -2.21. The molecule has 0 aliphatic carbocycles. The van der Waals surface area contributed by atoms with Gasteiger partial charge in [0.2, 0.25) is 10.0 Å². The minimum absolute atomic E-state index is 0.0543. The Hall–Kier alpha value is -1.71. The Morgan fingerprint density at radius 2 is 2.12 bits per heavy atom. The van der Waals surface area contributed by atoms with Gasteiger partial charge in [0.15, 0.2) is 0 Å². The highest BCUT2D eigenvalue weighted by Gasteiger charge is 2.34. The number of methoxy groups -OCH3 is 1. The molecule has 2 atom stereocenters. The molecule has 1 saturated heterocycles. The Kier molecular flexibility index (Phi) is 5.79. The maximum atomic E-state index is 13.4. The Labute approximate surface area is 140 Å². The van der Waals surface area contributed by atoms with Crippen LogP contribution in [-0.4, -0.2) is 64.8 Å². The maximum Gasteiger partial charge on any atom is 0.255 e. The molecule has 1 aliphatic rings. The largest absolute Gasteiger partial charge is 0.496 e. The summed E-state index contributed by atoms with van der Waals surface area (Å²) in [6, 6.07) is 3.17. The molecule has 0 radical (unpaired) electrons. The minimum atomic E-state index is -3.42. The number of hydrogen-bond acceptors (Lipinski definition) is 5. The molecular weight excluding hydrogens is 339 g/mol. The highest BCUT2D eigenvalue weighted by Crippen LogP contribution is 2.22. The number of carbonyl (C=O) groups is 1. The first-order chi connectivity index (χ1) is 11.2. The van der Waals surface area contributed by atoms with Crippen molar-refractivity contribution in [3.63, 3.8) is 0 Å². The third kappa shape index (κ3) is 4.22. The van der Waals surface area contributed by atoms with Crippen LogP contribution in [0.3, 0.4) is 0 Å². The van der Waals surface area contributed by atoms with Crippen LogP contribution in [0.15, 0.2) is 18.2 Å². The van der Waals surface area contributed by atoms with E-state index in [1.807, 2.05) is 0 Å². The quantitative estimate of drug-likeness (QED) is 0.797. The van der Waals surface area contributed by atoms with Crippen LogP contribution in [0.1, 0.15) is 10.4 Å². The number of ether oxygens (including phenoxy) is 2. The van der Waals surface area contributed by atoms with Crippen LogP contribution in [0.5, 0.6) is 5.75 Å². The Morgan fingerprint density at radius 3 is 2.75 bits per heavy atom. The van der Waals surface area contributed by atoms with Gasteiger partial charge in [-0.25, -0.2) is 17.1 Å². The molecule has 1 aromatic rings. The van der Waals surface area contributed by atoms with Gasteiger partial charge >= 0.3 is 0 Å². The van der Waals surface area contributed by atoms with Crippen LogP contribution in [0.2, 0.25) is 0 Å². The predicted octanol–water partition coefficient (Wildman–Crippen LogP) is 0.471. The molecule has 1 fully saturated rings. The van der Waals surface area contributed by atoms with Gasteiger partial charge in [0.1, 0.15) is 11.6 Å². The fourth-order valence-electron chi connectivity index (χ4n) is 2.45. The summed E-state index contributed by atoms with van der Waals surface area (Å²) in [7, 11) is 0.876. The average Bonchev–Trinajstić information content (AvgIpc) is 2.93. The van der Waals surface area contributed by atoms with E-state index in [1.165, 1.54) is 33.3 Å². The number of nitrogens with one attached hydrogen (secondary N) is 1. The number of hydrogen-bond donors (Lipinski definition) is 1. The molecule has 0 aromatic heterocycles. The van der Waals surface area contributed by atoms with Crippen molar-refractivity contribution in [2.45, 2.75) is 6.04 Å². The molecule has 2 rings (SSSR count). The van der Waals surface area contributed by atoms with Gasteiger partial charge in [-0.3, -0.25) is 4.79 Å². The van der Waals surface area contributed by atoms with E-state index in [9.17, 15) is 17.6 Å². The van der Waals surface area contributed by atoms with Crippen LogP contribution in [0.25, 0.3) is 0 Å². The predicted molar refractivity (Wildman–Crippen MR) is 86.0 cm³/mol. The summed E-state index contributed by atoms with van der Waals surface area (Å²) in [5.41, 5.74) is 0.0543. The van der Waals surface area contributed by atoms with Gasteiger partial charge in [-0.2, -0.15) is 0 Å². The first-order valence-electron chi connectivity index (χ1n) is 7.37. The summed E-state index contributed by atoms with van der Waals surface area (Å²) in [4.78, 5) is 12.4. The first kappa shape index (κ1) is 18.6. The molecular formula is C15H21FN2O5S. The number of carbonyl (C=O) groups excluding carboxylic acids is 1. The van der Waals surface area contributed by atoms with Crippen molar-refractivity contribution in [3.05, 3.63) is 29.6 Å².